The third kappa shape index (κ3) is 4.31. The lowest BCUT2D eigenvalue weighted by Crippen LogP contribution is -2.22. The van der Waals surface area contributed by atoms with E-state index in [2.05, 4.69) is 31.9 Å². The average molecular weight is 470 g/mol. The molecule has 30 heavy (non-hydrogen) atoms. The van der Waals surface area contributed by atoms with Gasteiger partial charge < -0.3 is 14.2 Å². The Morgan fingerprint density at radius 1 is 1.23 bits per heavy atom. The minimum atomic E-state index is -0.248. The summed E-state index contributed by atoms with van der Waals surface area (Å²) in [6, 6.07) is 8.84. The summed E-state index contributed by atoms with van der Waals surface area (Å²) in [6.45, 7) is 2.00. The predicted molar refractivity (Wildman–Crippen MR) is 120 cm³/mol. The van der Waals surface area contributed by atoms with E-state index in [0.29, 0.717) is 46.0 Å². The topological polar surface area (TPSA) is 74.9 Å². The van der Waals surface area contributed by atoms with Crippen LogP contribution in [0.4, 0.5) is 0 Å². The highest BCUT2D eigenvalue weighted by Gasteiger charge is 2.14. The van der Waals surface area contributed by atoms with Gasteiger partial charge in [0.25, 0.3) is 5.56 Å². The van der Waals surface area contributed by atoms with Crippen molar-refractivity contribution in [1.29, 1.82) is 0 Å². The second-order valence-electron chi connectivity index (χ2n) is 6.15. The quantitative estimate of drug-likeness (QED) is 0.390. The van der Waals surface area contributed by atoms with Crippen LogP contribution in [0.3, 0.4) is 0 Å². The van der Waals surface area contributed by atoms with E-state index in [1.54, 1.807) is 30.5 Å². The lowest BCUT2D eigenvalue weighted by atomic mass is 10.2. The maximum Gasteiger partial charge on any atom is 0.282 e. The van der Waals surface area contributed by atoms with Crippen molar-refractivity contribution in [2.24, 2.45) is 5.10 Å². The first-order chi connectivity index (χ1) is 14.5. The summed E-state index contributed by atoms with van der Waals surface area (Å²) in [6.07, 6.45) is 7.36. The first-order valence-electron chi connectivity index (χ1n) is 9.10. The Kier molecular flexibility index (Phi) is 6.75. The van der Waals surface area contributed by atoms with Gasteiger partial charge in [-0.2, -0.15) is 9.78 Å². The zero-order valence-corrected chi connectivity index (χ0v) is 18.4. The molecule has 2 aromatic carbocycles. The molecule has 154 valence electrons. The smallest absolute Gasteiger partial charge is 0.282 e. The van der Waals surface area contributed by atoms with E-state index in [1.807, 2.05) is 13.0 Å². The van der Waals surface area contributed by atoms with Crippen molar-refractivity contribution in [2.45, 2.75) is 13.3 Å². The van der Waals surface area contributed by atoms with Gasteiger partial charge in [-0.05, 0) is 30.3 Å². The van der Waals surface area contributed by atoms with Crippen molar-refractivity contribution in [1.82, 2.24) is 9.66 Å². The Morgan fingerprint density at radius 2 is 1.93 bits per heavy atom. The van der Waals surface area contributed by atoms with Crippen molar-refractivity contribution in [3.8, 4) is 29.6 Å². The van der Waals surface area contributed by atoms with E-state index in [-0.39, 0.29) is 12.2 Å². The van der Waals surface area contributed by atoms with Gasteiger partial charge in [0.2, 0.25) is 5.75 Å². The van der Waals surface area contributed by atoms with Crippen LogP contribution in [-0.4, -0.2) is 36.7 Å². The molecule has 0 aliphatic carbocycles. The molecule has 0 radical (unpaired) electrons. The van der Waals surface area contributed by atoms with Crippen LogP contribution in [-0.2, 0) is 6.42 Å². The van der Waals surface area contributed by atoms with Crippen molar-refractivity contribution in [3.63, 3.8) is 0 Å². The number of hydrogen-bond donors (Lipinski definition) is 0. The van der Waals surface area contributed by atoms with Crippen LogP contribution >= 0.6 is 15.9 Å². The molecule has 0 aliphatic heterocycles. The van der Waals surface area contributed by atoms with Gasteiger partial charge in [0.05, 0.1) is 31.3 Å². The largest absolute Gasteiger partial charge is 0.493 e. The van der Waals surface area contributed by atoms with Gasteiger partial charge in [0.15, 0.2) is 11.5 Å². The maximum absolute atomic E-state index is 13.0. The number of fused-ring (bicyclic) bond motifs is 1. The van der Waals surface area contributed by atoms with E-state index >= 15 is 0 Å². The third-order valence-corrected chi connectivity index (χ3v) is 4.79. The van der Waals surface area contributed by atoms with Crippen LogP contribution in [0.1, 0.15) is 18.3 Å². The fourth-order valence-corrected chi connectivity index (χ4v) is 3.26. The van der Waals surface area contributed by atoms with Crippen molar-refractivity contribution in [2.75, 3.05) is 20.8 Å². The molecule has 3 aromatic rings. The Bertz CT molecular complexity index is 1190. The van der Waals surface area contributed by atoms with Crippen LogP contribution in [0.25, 0.3) is 10.9 Å². The number of aromatic nitrogens is 2. The lowest BCUT2D eigenvalue weighted by Gasteiger charge is -2.14. The first-order valence-corrected chi connectivity index (χ1v) is 9.89. The van der Waals surface area contributed by atoms with Crippen LogP contribution < -0.4 is 19.8 Å². The first kappa shape index (κ1) is 21.4. The van der Waals surface area contributed by atoms with Gasteiger partial charge in [0.1, 0.15) is 12.4 Å². The number of methoxy groups -OCH3 is 2. The number of ether oxygens (including phenoxy) is 3. The zero-order valence-electron chi connectivity index (χ0n) is 16.8. The van der Waals surface area contributed by atoms with Crippen LogP contribution in [0, 0.1) is 12.3 Å². The number of benzene rings is 2. The molecule has 0 saturated heterocycles. The van der Waals surface area contributed by atoms with Crippen LogP contribution in [0.15, 0.2) is 44.7 Å². The Morgan fingerprint density at radius 3 is 2.53 bits per heavy atom. The molecule has 0 aliphatic rings. The number of terminal acetylenes is 1. The molecule has 0 fully saturated rings. The number of nitrogens with zero attached hydrogens (tertiary/aromatic N) is 3. The minimum Gasteiger partial charge on any atom is -0.493 e. The minimum absolute atomic E-state index is 0.0771. The summed E-state index contributed by atoms with van der Waals surface area (Å²) < 4.78 is 18.4. The van der Waals surface area contributed by atoms with Crippen molar-refractivity contribution >= 4 is 33.0 Å². The fraction of sp³-hybridized carbons (Fsp3) is 0.227. The molecular formula is C22H20BrN3O4. The van der Waals surface area contributed by atoms with Gasteiger partial charge in [-0.15, -0.1) is 6.42 Å². The number of hydrogen-bond acceptors (Lipinski definition) is 6. The molecule has 0 bridgehead atoms. The lowest BCUT2D eigenvalue weighted by molar-refractivity contribution is 0.304. The fourth-order valence-electron chi connectivity index (χ4n) is 2.90. The van der Waals surface area contributed by atoms with E-state index in [9.17, 15) is 4.79 Å². The molecule has 0 atom stereocenters. The normalized spacial score (nSPS) is 10.9. The molecule has 8 heteroatoms. The highest BCUT2D eigenvalue weighted by molar-refractivity contribution is 9.10. The molecule has 0 N–H and O–H groups in total. The van der Waals surface area contributed by atoms with Crippen molar-refractivity contribution < 1.29 is 14.2 Å². The van der Waals surface area contributed by atoms with Gasteiger partial charge in [-0.1, -0.05) is 28.8 Å². The monoisotopic (exact) mass is 469 g/mol. The van der Waals surface area contributed by atoms with Crippen molar-refractivity contribution in [3.05, 3.63) is 56.5 Å². The highest BCUT2D eigenvalue weighted by Crippen LogP contribution is 2.38. The molecule has 7 nitrogen and oxygen atoms in total. The van der Waals surface area contributed by atoms with Crippen LogP contribution in [0.5, 0.6) is 17.2 Å². The molecule has 0 amide bonds. The Labute approximate surface area is 182 Å². The number of rotatable bonds is 7. The Hall–Kier alpha value is -3.31. The zero-order chi connectivity index (χ0) is 21.7. The molecule has 0 spiro atoms. The van der Waals surface area contributed by atoms with E-state index < -0.39 is 0 Å². The molecule has 1 heterocycles. The van der Waals surface area contributed by atoms with Gasteiger partial charge in [-0.3, -0.25) is 4.79 Å². The summed E-state index contributed by atoms with van der Waals surface area (Å²) in [5, 5.41) is 4.86. The molecule has 1 aromatic heterocycles. The highest BCUT2D eigenvalue weighted by atomic mass is 79.9. The maximum atomic E-state index is 13.0. The molecular weight excluding hydrogens is 450 g/mol. The molecule has 3 rings (SSSR count). The van der Waals surface area contributed by atoms with Gasteiger partial charge in [-0.25, -0.2) is 4.98 Å². The SMILES string of the molecule is C#CCOc1c(OC)cc(C=Nn2c(CC)nc3ccc(Br)cc3c2=O)cc1OC. The van der Waals surface area contributed by atoms with E-state index in [1.165, 1.54) is 18.9 Å². The second kappa shape index (κ2) is 9.46. The average Bonchev–Trinajstić information content (AvgIpc) is 2.76. The van der Waals surface area contributed by atoms with Crippen LogP contribution in [0.2, 0.25) is 0 Å². The summed E-state index contributed by atoms with van der Waals surface area (Å²) in [4.78, 5) is 17.6. The number of halogens is 1. The summed E-state index contributed by atoms with van der Waals surface area (Å²) in [7, 11) is 3.03. The summed E-state index contributed by atoms with van der Waals surface area (Å²) >= 11 is 3.39. The molecule has 0 saturated carbocycles. The summed E-state index contributed by atoms with van der Waals surface area (Å²) in [5.74, 6) is 4.24. The van der Waals surface area contributed by atoms with Gasteiger partial charge in [0, 0.05) is 16.5 Å². The van der Waals surface area contributed by atoms with E-state index in [0.717, 1.165) is 4.47 Å². The number of aryl methyl sites for hydroxylation is 1. The van der Waals surface area contributed by atoms with Gasteiger partial charge >= 0.3 is 0 Å². The third-order valence-electron chi connectivity index (χ3n) is 4.30. The van der Waals surface area contributed by atoms with E-state index in [4.69, 9.17) is 20.6 Å². The Balaban J connectivity index is 2.09. The predicted octanol–water partition coefficient (Wildman–Crippen LogP) is 3.63. The second-order valence-corrected chi connectivity index (χ2v) is 7.07. The summed E-state index contributed by atoms with van der Waals surface area (Å²) in [5.41, 5.74) is 1.03. The standard InChI is InChI=1S/C22H20BrN3O4/c1-5-9-30-21-18(28-3)10-14(11-19(21)29-4)13-24-26-20(6-2)25-17-8-7-15(23)12-16(17)22(26)27/h1,7-8,10-13H,6,9H2,2-4H3. The molecule has 0 unspecified atom stereocenters.